The van der Waals surface area contributed by atoms with Crippen LogP contribution in [0.25, 0.3) is 0 Å². The minimum Gasteiger partial charge on any atom is -0.469 e. The van der Waals surface area contributed by atoms with Crippen molar-refractivity contribution in [1.82, 2.24) is 4.90 Å². The van der Waals surface area contributed by atoms with Gasteiger partial charge in [-0.2, -0.15) is 0 Å². The third kappa shape index (κ3) is 5.49. The van der Waals surface area contributed by atoms with Crippen molar-refractivity contribution in [2.24, 2.45) is 11.3 Å². The molecular formula is C13H25NO4. The number of carbonyl (C=O) groups is 2. The second-order valence-corrected chi connectivity index (χ2v) is 5.50. The third-order valence-electron chi connectivity index (χ3n) is 2.61. The van der Waals surface area contributed by atoms with Crippen LogP contribution in [0.2, 0.25) is 0 Å². The van der Waals surface area contributed by atoms with Crippen LogP contribution < -0.4 is 0 Å². The SMILES string of the molecule is COC(=O)C(C)CN(CCCO)C(=O)C(C)(C)C. The molecule has 1 unspecified atom stereocenters. The fourth-order valence-corrected chi connectivity index (χ4v) is 1.62. The number of hydrogen-bond acceptors (Lipinski definition) is 4. The van der Waals surface area contributed by atoms with E-state index in [0.717, 1.165) is 0 Å². The second kappa shape index (κ2) is 7.36. The summed E-state index contributed by atoms with van der Waals surface area (Å²) in [5.41, 5.74) is -0.495. The Morgan fingerprint density at radius 2 is 1.89 bits per heavy atom. The number of aliphatic hydroxyl groups is 1. The van der Waals surface area contributed by atoms with E-state index in [-0.39, 0.29) is 24.4 Å². The Bertz CT molecular complexity index is 283. The lowest BCUT2D eigenvalue weighted by atomic mass is 9.94. The van der Waals surface area contributed by atoms with E-state index >= 15 is 0 Å². The third-order valence-corrected chi connectivity index (χ3v) is 2.61. The van der Waals surface area contributed by atoms with Crippen molar-refractivity contribution in [2.75, 3.05) is 26.8 Å². The van der Waals surface area contributed by atoms with Gasteiger partial charge in [-0.05, 0) is 6.42 Å². The highest BCUT2D eigenvalue weighted by Crippen LogP contribution is 2.18. The average molecular weight is 259 g/mol. The molecule has 0 saturated heterocycles. The second-order valence-electron chi connectivity index (χ2n) is 5.50. The topological polar surface area (TPSA) is 66.8 Å². The molecule has 0 radical (unpaired) electrons. The van der Waals surface area contributed by atoms with E-state index in [9.17, 15) is 9.59 Å². The van der Waals surface area contributed by atoms with E-state index in [1.165, 1.54) is 7.11 Å². The summed E-state index contributed by atoms with van der Waals surface area (Å²) in [4.78, 5) is 25.2. The Morgan fingerprint density at radius 3 is 2.28 bits per heavy atom. The molecule has 0 saturated carbocycles. The number of amides is 1. The minimum absolute atomic E-state index is 0.0216. The van der Waals surface area contributed by atoms with Gasteiger partial charge in [0, 0.05) is 25.1 Å². The molecule has 0 bridgehead atoms. The summed E-state index contributed by atoms with van der Waals surface area (Å²) in [5, 5.41) is 8.86. The zero-order chi connectivity index (χ0) is 14.3. The molecular weight excluding hydrogens is 234 g/mol. The summed E-state index contributed by atoms with van der Waals surface area (Å²) in [7, 11) is 1.34. The predicted octanol–water partition coefficient (Wildman–Crippen LogP) is 1.05. The molecule has 0 aromatic rings. The van der Waals surface area contributed by atoms with E-state index in [1.807, 2.05) is 20.8 Å². The van der Waals surface area contributed by atoms with Crippen molar-refractivity contribution in [3.05, 3.63) is 0 Å². The number of rotatable bonds is 6. The standard InChI is InChI=1S/C13H25NO4/c1-10(11(16)18-5)9-14(7-6-8-15)12(17)13(2,3)4/h10,15H,6-9H2,1-5H3. The van der Waals surface area contributed by atoms with Crippen molar-refractivity contribution in [2.45, 2.75) is 34.1 Å². The normalized spacial score (nSPS) is 13.0. The van der Waals surface area contributed by atoms with Crippen LogP contribution in [0.5, 0.6) is 0 Å². The fourth-order valence-electron chi connectivity index (χ4n) is 1.62. The monoisotopic (exact) mass is 259 g/mol. The molecule has 0 rings (SSSR count). The van der Waals surface area contributed by atoms with Crippen LogP contribution in [0, 0.1) is 11.3 Å². The number of methoxy groups -OCH3 is 1. The molecule has 5 heteroatoms. The molecule has 1 N–H and O–H groups in total. The maximum atomic E-state index is 12.2. The van der Waals surface area contributed by atoms with E-state index in [4.69, 9.17) is 5.11 Å². The molecule has 0 aromatic heterocycles. The number of nitrogens with zero attached hydrogens (tertiary/aromatic N) is 1. The van der Waals surface area contributed by atoms with Crippen LogP contribution >= 0.6 is 0 Å². The van der Waals surface area contributed by atoms with Gasteiger partial charge in [0.15, 0.2) is 0 Å². The summed E-state index contributed by atoms with van der Waals surface area (Å²) < 4.78 is 4.66. The summed E-state index contributed by atoms with van der Waals surface area (Å²) in [5.74, 6) is -0.711. The quantitative estimate of drug-likeness (QED) is 0.724. The van der Waals surface area contributed by atoms with E-state index in [1.54, 1.807) is 11.8 Å². The first-order chi connectivity index (χ1) is 8.23. The molecule has 18 heavy (non-hydrogen) atoms. The van der Waals surface area contributed by atoms with Gasteiger partial charge in [0.2, 0.25) is 5.91 Å². The molecule has 0 spiro atoms. The molecule has 0 aliphatic carbocycles. The maximum Gasteiger partial charge on any atom is 0.310 e. The molecule has 0 heterocycles. The Morgan fingerprint density at radius 1 is 1.33 bits per heavy atom. The molecule has 0 aliphatic heterocycles. The first kappa shape index (κ1) is 16.9. The van der Waals surface area contributed by atoms with Crippen LogP contribution in [0.4, 0.5) is 0 Å². The van der Waals surface area contributed by atoms with Crippen LogP contribution in [-0.2, 0) is 14.3 Å². The van der Waals surface area contributed by atoms with Crippen molar-refractivity contribution in [3.63, 3.8) is 0 Å². The lowest BCUT2D eigenvalue weighted by Crippen LogP contribution is -2.43. The number of aliphatic hydroxyl groups excluding tert-OH is 1. The Labute approximate surface area is 109 Å². The molecule has 106 valence electrons. The smallest absolute Gasteiger partial charge is 0.310 e. The van der Waals surface area contributed by atoms with Gasteiger partial charge in [-0.3, -0.25) is 9.59 Å². The highest BCUT2D eigenvalue weighted by molar-refractivity contribution is 5.82. The Kier molecular flexibility index (Phi) is 6.91. The number of esters is 1. The van der Waals surface area contributed by atoms with E-state index in [2.05, 4.69) is 4.74 Å². The predicted molar refractivity (Wildman–Crippen MR) is 68.9 cm³/mol. The van der Waals surface area contributed by atoms with Crippen molar-refractivity contribution in [3.8, 4) is 0 Å². The molecule has 0 aromatic carbocycles. The number of hydrogen-bond donors (Lipinski definition) is 1. The highest BCUT2D eigenvalue weighted by atomic mass is 16.5. The molecule has 0 aliphatic rings. The molecule has 0 fully saturated rings. The fraction of sp³-hybridized carbons (Fsp3) is 0.846. The average Bonchev–Trinajstić information content (AvgIpc) is 2.30. The summed E-state index contributed by atoms with van der Waals surface area (Å²) in [6.07, 6.45) is 0.510. The van der Waals surface area contributed by atoms with Gasteiger partial charge >= 0.3 is 5.97 Å². The molecule has 1 amide bonds. The van der Waals surface area contributed by atoms with Crippen LogP contribution in [-0.4, -0.2) is 48.7 Å². The lowest BCUT2D eigenvalue weighted by molar-refractivity contribution is -0.148. The first-order valence-corrected chi connectivity index (χ1v) is 6.22. The molecule has 5 nitrogen and oxygen atoms in total. The molecule has 1 atom stereocenters. The van der Waals surface area contributed by atoms with Crippen molar-refractivity contribution < 1.29 is 19.4 Å². The van der Waals surface area contributed by atoms with Crippen LogP contribution in [0.3, 0.4) is 0 Å². The van der Waals surface area contributed by atoms with Crippen molar-refractivity contribution in [1.29, 1.82) is 0 Å². The van der Waals surface area contributed by atoms with Crippen molar-refractivity contribution >= 4 is 11.9 Å². The lowest BCUT2D eigenvalue weighted by Gasteiger charge is -2.30. The Balaban J connectivity index is 4.68. The van der Waals surface area contributed by atoms with E-state index in [0.29, 0.717) is 19.5 Å². The van der Waals surface area contributed by atoms with Gasteiger partial charge in [-0.25, -0.2) is 0 Å². The van der Waals surface area contributed by atoms with Gasteiger partial charge < -0.3 is 14.7 Å². The zero-order valence-corrected chi connectivity index (χ0v) is 12.0. The van der Waals surface area contributed by atoms with E-state index < -0.39 is 5.41 Å². The van der Waals surface area contributed by atoms with Gasteiger partial charge in [0.25, 0.3) is 0 Å². The largest absolute Gasteiger partial charge is 0.469 e. The number of carbonyl (C=O) groups excluding carboxylic acids is 2. The maximum absolute atomic E-state index is 12.2. The van der Waals surface area contributed by atoms with Crippen LogP contribution in [0.15, 0.2) is 0 Å². The van der Waals surface area contributed by atoms with Gasteiger partial charge in [0.1, 0.15) is 0 Å². The number of ether oxygens (including phenoxy) is 1. The van der Waals surface area contributed by atoms with Crippen LogP contribution in [0.1, 0.15) is 34.1 Å². The minimum atomic E-state index is -0.495. The van der Waals surface area contributed by atoms with Gasteiger partial charge in [0.05, 0.1) is 13.0 Å². The van der Waals surface area contributed by atoms with Gasteiger partial charge in [-0.15, -0.1) is 0 Å². The first-order valence-electron chi connectivity index (χ1n) is 6.22. The summed E-state index contributed by atoms with van der Waals surface area (Å²) >= 11 is 0. The summed E-state index contributed by atoms with van der Waals surface area (Å²) in [6.45, 7) is 8.04. The Hall–Kier alpha value is -1.10. The zero-order valence-electron chi connectivity index (χ0n) is 12.0. The summed E-state index contributed by atoms with van der Waals surface area (Å²) in [6, 6.07) is 0. The van der Waals surface area contributed by atoms with Gasteiger partial charge in [-0.1, -0.05) is 27.7 Å². The highest BCUT2D eigenvalue weighted by Gasteiger charge is 2.29.